The first kappa shape index (κ1) is 11.0. The lowest BCUT2D eigenvalue weighted by Crippen LogP contribution is -2.30. The number of carbonyl (C=O) groups is 1. The molecule has 1 aromatic carbocycles. The predicted octanol–water partition coefficient (Wildman–Crippen LogP) is 1.68. The van der Waals surface area contributed by atoms with Gasteiger partial charge in [-0.05, 0) is 30.5 Å². The van der Waals surface area contributed by atoms with E-state index in [9.17, 15) is 4.79 Å². The second-order valence-electron chi connectivity index (χ2n) is 3.11. The molecule has 0 fully saturated rings. The first-order chi connectivity index (χ1) is 6.59. The van der Waals surface area contributed by atoms with Gasteiger partial charge < -0.3 is 10.8 Å². The van der Waals surface area contributed by atoms with E-state index >= 15 is 0 Å². The average Bonchev–Trinajstić information content (AvgIpc) is 2.14. The minimum absolute atomic E-state index is 0.426. The van der Waals surface area contributed by atoms with E-state index in [2.05, 4.69) is 0 Å². The lowest BCUT2D eigenvalue weighted by molar-refractivity contribution is -0.138. The minimum Gasteiger partial charge on any atom is -0.480 e. The van der Waals surface area contributed by atoms with Crippen LogP contribution in [0.1, 0.15) is 12.0 Å². The van der Waals surface area contributed by atoms with E-state index in [0.717, 1.165) is 5.56 Å². The summed E-state index contributed by atoms with van der Waals surface area (Å²) in [5.41, 5.74) is 6.38. The number of carboxylic acid groups (broad SMARTS) is 1. The lowest BCUT2D eigenvalue weighted by atomic mass is 10.1. The first-order valence-electron chi connectivity index (χ1n) is 4.32. The van der Waals surface area contributed by atoms with E-state index < -0.39 is 12.0 Å². The molecule has 1 aromatic rings. The summed E-state index contributed by atoms with van der Waals surface area (Å²) in [7, 11) is 0. The number of halogens is 1. The third-order valence-electron chi connectivity index (χ3n) is 1.95. The van der Waals surface area contributed by atoms with Crippen molar-refractivity contribution in [2.45, 2.75) is 18.9 Å². The molecule has 0 saturated carbocycles. The second-order valence-corrected chi connectivity index (χ2v) is 3.55. The number of aliphatic carboxylic acids is 1. The standard InChI is InChI=1S/C10H12ClNO2/c11-8-3-1-2-7(6-8)4-5-9(12)10(13)14/h1-3,6,9H,4-5,12H2,(H,13,14)/t9-/m0/s1. The number of carboxylic acids is 1. The Balaban J connectivity index is 2.49. The quantitative estimate of drug-likeness (QED) is 0.800. The van der Waals surface area contributed by atoms with Gasteiger partial charge in [0.1, 0.15) is 6.04 Å². The maximum Gasteiger partial charge on any atom is 0.320 e. The molecule has 76 valence electrons. The van der Waals surface area contributed by atoms with Crippen LogP contribution in [0.3, 0.4) is 0 Å². The van der Waals surface area contributed by atoms with Crippen LogP contribution in [0.25, 0.3) is 0 Å². The van der Waals surface area contributed by atoms with Crippen LogP contribution in [0.2, 0.25) is 5.02 Å². The molecule has 1 atom stereocenters. The van der Waals surface area contributed by atoms with Crippen molar-refractivity contribution in [1.82, 2.24) is 0 Å². The Morgan fingerprint density at radius 3 is 2.86 bits per heavy atom. The van der Waals surface area contributed by atoms with Crippen LogP contribution in [-0.4, -0.2) is 17.1 Å². The molecule has 0 aliphatic rings. The van der Waals surface area contributed by atoms with Crippen molar-refractivity contribution in [3.63, 3.8) is 0 Å². The molecule has 0 unspecified atom stereocenters. The van der Waals surface area contributed by atoms with E-state index in [0.29, 0.717) is 17.9 Å². The van der Waals surface area contributed by atoms with Gasteiger partial charge in [-0.2, -0.15) is 0 Å². The predicted molar refractivity (Wildman–Crippen MR) is 55.4 cm³/mol. The molecule has 3 nitrogen and oxygen atoms in total. The summed E-state index contributed by atoms with van der Waals surface area (Å²) < 4.78 is 0. The summed E-state index contributed by atoms with van der Waals surface area (Å²) in [6.45, 7) is 0. The Kier molecular flexibility index (Phi) is 3.92. The molecule has 0 amide bonds. The Labute approximate surface area is 87.5 Å². The van der Waals surface area contributed by atoms with Gasteiger partial charge >= 0.3 is 5.97 Å². The Hall–Kier alpha value is -1.06. The molecule has 0 saturated heterocycles. The summed E-state index contributed by atoms with van der Waals surface area (Å²) >= 11 is 5.78. The van der Waals surface area contributed by atoms with Crippen LogP contribution in [0.15, 0.2) is 24.3 Å². The van der Waals surface area contributed by atoms with Crippen molar-refractivity contribution in [3.05, 3.63) is 34.9 Å². The largest absolute Gasteiger partial charge is 0.480 e. The number of hydrogen-bond donors (Lipinski definition) is 2. The number of nitrogens with two attached hydrogens (primary N) is 1. The fourth-order valence-electron chi connectivity index (χ4n) is 1.14. The highest BCUT2D eigenvalue weighted by atomic mass is 35.5. The summed E-state index contributed by atoms with van der Waals surface area (Å²) in [5, 5.41) is 9.22. The molecule has 0 radical (unpaired) electrons. The van der Waals surface area contributed by atoms with E-state index in [1.54, 1.807) is 6.07 Å². The fourth-order valence-corrected chi connectivity index (χ4v) is 1.35. The smallest absolute Gasteiger partial charge is 0.320 e. The third kappa shape index (κ3) is 3.36. The van der Waals surface area contributed by atoms with Gasteiger partial charge in [-0.3, -0.25) is 4.79 Å². The van der Waals surface area contributed by atoms with Gasteiger partial charge in [0.15, 0.2) is 0 Å². The molecular weight excluding hydrogens is 202 g/mol. The lowest BCUT2D eigenvalue weighted by Gasteiger charge is -2.05. The number of aryl methyl sites for hydroxylation is 1. The zero-order chi connectivity index (χ0) is 10.6. The molecule has 14 heavy (non-hydrogen) atoms. The molecule has 0 bridgehead atoms. The molecule has 0 aliphatic heterocycles. The van der Waals surface area contributed by atoms with Gasteiger partial charge in [-0.15, -0.1) is 0 Å². The van der Waals surface area contributed by atoms with Crippen LogP contribution in [-0.2, 0) is 11.2 Å². The monoisotopic (exact) mass is 213 g/mol. The SMILES string of the molecule is N[C@@H](CCc1cccc(Cl)c1)C(=O)O. The van der Waals surface area contributed by atoms with Crippen molar-refractivity contribution >= 4 is 17.6 Å². The maximum absolute atomic E-state index is 10.4. The molecular formula is C10H12ClNO2. The van der Waals surface area contributed by atoms with Gasteiger partial charge in [0.25, 0.3) is 0 Å². The van der Waals surface area contributed by atoms with E-state index in [1.807, 2.05) is 18.2 Å². The van der Waals surface area contributed by atoms with E-state index in [4.69, 9.17) is 22.4 Å². The van der Waals surface area contributed by atoms with Gasteiger partial charge in [0.2, 0.25) is 0 Å². The minimum atomic E-state index is -0.966. The third-order valence-corrected chi connectivity index (χ3v) is 2.19. The van der Waals surface area contributed by atoms with Crippen molar-refractivity contribution < 1.29 is 9.90 Å². The number of rotatable bonds is 4. The Morgan fingerprint density at radius 2 is 2.29 bits per heavy atom. The van der Waals surface area contributed by atoms with Crippen LogP contribution >= 0.6 is 11.6 Å². The van der Waals surface area contributed by atoms with Gasteiger partial charge in [0, 0.05) is 5.02 Å². The second kappa shape index (κ2) is 4.98. The van der Waals surface area contributed by atoms with Crippen molar-refractivity contribution in [2.24, 2.45) is 5.73 Å². The van der Waals surface area contributed by atoms with Crippen molar-refractivity contribution in [1.29, 1.82) is 0 Å². The highest BCUT2D eigenvalue weighted by Gasteiger charge is 2.10. The highest BCUT2D eigenvalue weighted by Crippen LogP contribution is 2.12. The topological polar surface area (TPSA) is 63.3 Å². The molecule has 0 heterocycles. The average molecular weight is 214 g/mol. The normalized spacial score (nSPS) is 12.4. The zero-order valence-corrected chi connectivity index (χ0v) is 8.37. The molecule has 0 aromatic heterocycles. The zero-order valence-electron chi connectivity index (χ0n) is 7.61. The Bertz CT molecular complexity index is 328. The maximum atomic E-state index is 10.4. The van der Waals surface area contributed by atoms with E-state index in [1.165, 1.54) is 0 Å². The van der Waals surface area contributed by atoms with E-state index in [-0.39, 0.29) is 0 Å². The van der Waals surface area contributed by atoms with Crippen LogP contribution < -0.4 is 5.73 Å². The van der Waals surface area contributed by atoms with Crippen LogP contribution in [0.4, 0.5) is 0 Å². The summed E-state index contributed by atoms with van der Waals surface area (Å²) in [4.78, 5) is 10.4. The highest BCUT2D eigenvalue weighted by molar-refractivity contribution is 6.30. The van der Waals surface area contributed by atoms with Gasteiger partial charge in [-0.1, -0.05) is 23.7 Å². The van der Waals surface area contributed by atoms with Gasteiger partial charge in [-0.25, -0.2) is 0 Å². The van der Waals surface area contributed by atoms with Crippen LogP contribution in [0.5, 0.6) is 0 Å². The van der Waals surface area contributed by atoms with Crippen molar-refractivity contribution in [3.8, 4) is 0 Å². The summed E-state index contributed by atoms with van der Waals surface area (Å²) in [6, 6.07) is 6.54. The summed E-state index contributed by atoms with van der Waals surface area (Å²) in [6.07, 6.45) is 1.06. The molecule has 0 spiro atoms. The van der Waals surface area contributed by atoms with Gasteiger partial charge in [0.05, 0.1) is 0 Å². The summed E-state index contributed by atoms with van der Waals surface area (Å²) in [5.74, 6) is -0.966. The number of benzene rings is 1. The molecule has 3 N–H and O–H groups in total. The fraction of sp³-hybridized carbons (Fsp3) is 0.300. The van der Waals surface area contributed by atoms with Crippen LogP contribution in [0, 0.1) is 0 Å². The molecule has 0 aliphatic carbocycles. The van der Waals surface area contributed by atoms with Crippen molar-refractivity contribution in [2.75, 3.05) is 0 Å². The molecule has 1 rings (SSSR count). The Morgan fingerprint density at radius 1 is 1.57 bits per heavy atom. The molecule has 4 heteroatoms. The first-order valence-corrected chi connectivity index (χ1v) is 4.70. The number of hydrogen-bond acceptors (Lipinski definition) is 2.